The van der Waals surface area contributed by atoms with E-state index in [1.54, 1.807) is 5.30 Å². The molecule has 0 radical (unpaired) electrons. The van der Waals surface area contributed by atoms with Gasteiger partial charge >= 0.3 is 26.2 Å². The van der Waals surface area contributed by atoms with Crippen molar-refractivity contribution in [2.45, 2.75) is 98.3 Å². The Balaban J connectivity index is 0. The van der Waals surface area contributed by atoms with E-state index >= 15 is 0 Å². The van der Waals surface area contributed by atoms with Gasteiger partial charge < -0.3 is 24.8 Å². The summed E-state index contributed by atoms with van der Waals surface area (Å²) in [5, 5.41) is 4.53. The van der Waals surface area contributed by atoms with Gasteiger partial charge in [-0.25, -0.2) is 11.6 Å². The number of benzene rings is 1. The van der Waals surface area contributed by atoms with E-state index in [4.69, 9.17) is 0 Å². The molecular weight excluding hydrogens is 565 g/mol. The van der Waals surface area contributed by atoms with Crippen molar-refractivity contribution >= 4 is 24.0 Å². The molecule has 0 amide bonds. The summed E-state index contributed by atoms with van der Waals surface area (Å²) >= 11 is 0. The molecule has 0 N–H and O–H groups in total. The molecule has 0 saturated heterocycles. The van der Waals surface area contributed by atoms with Crippen molar-refractivity contribution in [1.82, 2.24) is 0 Å². The maximum atomic E-state index is 3.35. The molecule has 0 bridgehead atoms. The average Bonchev–Trinajstić information content (AvgIpc) is 3.49. The fourth-order valence-corrected chi connectivity index (χ4v) is 7.09. The summed E-state index contributed by atoms with van der Waals surface area (Å²) in [5.41, 5.74) is 1.42. The first kappa shape index (κ1) is 37.4. The van der Waals surface area contributed by atoms with Crippen molar-refractivity contribution in [3.63, 3.8) is 0 Å². The Hall–Kier alpha value is 0.203. The predicted molar refractivity (Wildman–Crippen MR) is 149 cm³/mol. The quantitative estimate of drug-likeness (QED) is 0.172. The number of halogens is 2. The van der Waals surface area contributed by atoms with Crippen LogP contribution in [0, 0.1) is 12.0 Å². The van der Waals surface area contributed by atoms with Gasteiger partial charge in [0, 0.05) is 0 Å². The zero-order valence-electron chi connectivity index (χ0n) is 22.6. The van der Waals surface area contributed by atoms with Gasteiger partial charge in [-0.1, -0.05) is 92.5 Å². The molecule has 0 aromatic heterocycles. The van der Waals surface area contributed by atoms with E-state index in [2.05, 4.69) is 82.3 Å². The third kappa shape index (κ3) is 14.7. The summed E-state index contributed by atoms with van der Waals surface area (Å²) < 4.78 is 0. The van der Waals surface area contributed by atoms with Crippen LogP contribution in [-0.4, -0.2) is 12.3 Å². The van der Waals surface area contributed by atoms with Crippen LogP contribution < -0.4 is 30.1 Å². The maximum absolute atomic E-state index is 3.35. The minimum atomic E-state index is 0. The molecule has 1 aliphatic carbocycles. The van der Waals surface area contributed by atoms with Crippen molar-refractivity contribution in [2.24, 2.45) is 5.92 Å². The molecule has 1 aliphatic rings. The summed E-state index contributed by atoms with van der Waals surface area (Å²) in [6.45, 7) is 9.12. The van der Waals surface area contributed by atoms with Crippen LogP contribution in [0.3, 0.4) is 0 Å². The molecule has 0 saturated carbocycles. The Bertz CT molecular complexity index is 766. The molecule has 0 nitrogen and oxygen atoms in total. The van der Waals surface area contributed by atoms with Gasteiger partial charge in [-0.15, -0.1) is 46.8 Å². The zero-order chi connectivity index (χ0) is 23.0. The van der Waals surface area contributed by atoms with E-state index in [1.165, 1.54) is 92.9 Å². The first-order valence-corrected chi connectivity index (χ1v) is 15.1. The molecule has 1 atom stereocenters. The normalized spacial score (nSPS) is 12.8. The first-order chi connectivity index (χ1) is 15.7. The molecule has 1 unspecified atom stereocenters. The van der Waals surface area contributed by atoms with E-state index < -0.39 is 0 Å². The van der Waals surface area contributed by atoms with Crippen LogP contribution >= 0.6 is 7.92 Å². The fraction of sp³-hybridized carbons (Fsp3) is 0.581. The van der Waals surface area contributed by atoms with Crippen molar-refractivity contribution in [2.75, 3.05) is 12.3 Å². The monoisotopic (exact) mass is 610 g/mol. The topological polar surface area (TPSA) is 0 Å². The molecule has 0 fully saturated rings. The number of unbranched alkanes of at least 4 members (excludes halogenated alkanes) is 6. The number of fused-ring (bicyclic) bond motifs is 1. The van der Waals surface area contributed by atoms with Crippen LogP contribution in [0.1, 0.15) is 98.3 Å². The fourth-order valence-electron chi connectivity index (χ4n) is 4.49. The van der Waals surface area contributed by atoms with Gasteiger partial charge in [0.25, 0.3) is 0 Å². The largest absolute Gasteiger partial charge is 4.00 e. The summed E-state index contributed by atoms with van der Waals surface area (Å²) in [6.07, 6.45) is 25.4. The van der Waals surface area contributed by atoms with Gasteiger partial charge in [0.2, 0.25) is 0 Å². The Labute approximate surface area is 250 Å². The Morgan fingerprint density at radius 3 is 2.03 bits per heavy atom. The van der Waals surface area contributed by atoms with E-state index in [9.17, 15) is 0 Å². The molecule has 0 heterocycles. The standard InChI is InChI=1S/C21H32P.C10H15.2ClH.Zr/c1-3-5-7-11-15-22(16-12-8-6-4-2)21-17-19-13-9-10-14-20(19)18-21;1-3-6-9(2)10-7-4-5-8-10;;;/h9-10,13-14,17-18H,3-8,11-12,15-16H2,1-2H3;4,7,9H,3,5-6H2,1-2H3;2*1H;/q2*-1;;;+4/p-2. The Morgan fingerprint density at radius 1 is 0.886 bits per heavy atom. The van der Waals surface area contributed by atoms with Crippen LogP contribution in [0.15, 0.2) is 54.1 Å². The molecule has 194 valence electrons. The van der Waals surface area contributed by atoms with Gasteiger partial charge in [-0.3, -0.25) is 6.08 Å². The predicted octanol–water partition coefficient (Wildman–Crippen LogP) is 3.94. The molecule has 2 aromatic carbocycles. The molecule has 3 rings (SSSR count). The molecule has 0 aliphatic heterocycles. The van der Waals surface area contributed by atoms with Crippen LogP contribution in [0.2, 0.25) is 0 Å². The first-order valence-electron chi connectivity index (χ1n) is 13.4. The smallest absolute Gasteiger partial charge is 1.00 e. The molecule has 35 heavy (non-hydrogen) atoms. The van der Waals surface area contributed by atoms with Crippen LogP contribution in [0.5, 0.6) is 0 Å². The maximum Gasteiger partial charge on any atom is 4.00 e. The van der Waals surface area contributed by atoms with Crippen molar-refractivity contribution in [3.05, 3.63) is 60.2 Å². The summed E-state index contributed by atoms with van der Waals surface area (Å²) in [6, 6.07) is 13.8. The molecular formula is C31H47Cl2PZr. The Morgan fingerprint density at radius 2 is 1.51 bits per heavy atom. The second-order valence-electron chi connectivity index (χ2n) is 9.38. The van der Waals surface area contributed by atoms with E-state index in [1.807, 2.05) is 0 Å². The third-order valence-electron chi connectivity index (χ3n) is 6.51. The van der Waals surface area contributed by atoms with Crippen LogP contribution in [0.4, 0.5) is 0 Å². The average molecular weight is 613 g/mol. The molecule has 4 heteroatoms. The van der Waals surface area contributed by atoms with E-state index in [0.29, 0.717) is 0 Å². The minimum absolute atomic E-state index is 0. The van der Waals surface area contributed by atoms with Gasteiger partial charge in [0.1, 0.15) is 0 Å². The number of hydrogen-bond donors (Lipinski definition) is 0. The third-order valence-corrected chi connectivity index (χ3v) is 9.21. The summed E-state index contributed by atoms with van der Waals surface area (Å²) in [7, 11) is 0.0642. The number of rotatable bonds is 14. The molecule has 0 spiro atoms. The van der Waals surface area contributed by atoms with E-state index in [-0.39, 0.29) is 58.9 Å². The van der Waals surface area contributed by atoms with Crippen molar-refractivity contribution in [3.8, 4) is 0 Å². The van der Waals surface area contributed by atoms with Gasteiger partial charge in [0.05, 0.1) is 0 Å². The van der Waals surface area contributed by atoms with Crippen molar-refractivity contribution in [1.29, 1.82) is 0 Å². The zero-order valence-corrected chi connectivity index (χ0v) is 27.5. The Kier molecular flexibility index (Phi) is 24.9. The summed E-state index contributed by atoms with van der Waals surface area (Å²) in [5.74, 6) is 0.726. The van der Waals surface area contributed by atoms with E-state index in [0.717, 1.165) is 12.3 Å². The molecule has 2 aromatic rings. The second-order valence-corrected chi connectivity index (χ2v) is 11.9. The minimum Gasteiger partial charge on any atom is -1.00 e. The summed E-state index contributed by atoms with van der Waals surface area (Å²) in [4.78, 5) is 0. The number of allylic oxidation sites excluding steroid dienone is 4. The van der Waals surface area contributed by atoms with Crippen molar-refractivity contribution < 1.29 is 51.0 Å². The second kappa shape index (κ2) is 23.3. The van der Waals surface area contributed by atoms with Gasteiger partial charge in [0.15, 0.2) is 0 Å². The van der Waals surface area contributed by atoms with Crippen LogP contribution in [-0.2, 0) is 26.2 Å². The van der Waals surface area contributed by atoms with Gasteiger partial charge in [-0.05, 0) is 31.6 Å². The van der Waals surface area contributed by atoms with Crippen LogP contribution in [0.25, 0.3) is 10.8 Å². The van der Waals surface area contributed by atoms with Gasteiger partial charge in [-0.2, -0.15) is 12.1 Å². The SMILES string of the molecule is CCCC(C)C1=[C-]CC=C1.CCCCCCP(CCCCCC)c1cc2ccccc2[cH-]1.[Cl-].[Cl-].[Zr+4]. The number of hydrogen-bond acceptors (Lipinski definition) is 0.